The summed E-state index contributed by atoms with van der Waals surface area (Å²) in [4.78, 5) is 10.9. The van der Waals surface area contributed by atoms with Gasteiger partial charge in [0.1, 0.15) is 24.0 Å². The Morgan fingerprint density at radius 3 is 2.74 bits per heavy atom. The largest absolute Gasteiger partial charge is 0.487 e. The van der Waals surface area contributed by atoms with Crippen molar-refractivity contribution in [2.75, 3.05) is 18.0 Å². The standard InChI is InChI=1S/C18H21N3O2/c1-12-3-2-4-15(5-12)23-16-9-21(10-16)18-8-17(19-11-20-18)13-6-14(22)7-13/h2-5,8,11,13-14,16,22H,6-7,9-10H2,1H3. The summed E-state index contributed by atoms with van der Waals surface area (Å²) in [5.41, 5.74) is 2.25. The van der Waals surface area contributed by atoms with E-state index in [1.807, 2.05) is 12.1 Å². The van der Waals surface area contributed by atoms with Crippen molar-refractivity contribution in [2.24, 2.45) is 0 Å². The second-order valence-electron chi connectivity index (χ2n) is 6.58. The Kier molecular flexibility index (Phi) is 3.65. The summed E-state index contributed by atoms with van der Waals surface area (Å²) in [6.45, 7) is 3.76. The highest BCUT2D eigenvalue weighted by atomic mass is 16.5. The number of hydrogen-bond donors (Lipinski definition) is 1. The van der Waals surface area contributed by atoms with Gasteiger partial charge in [0.05, 0.1) is 19.2 Å². The average molecular weight is 311 g/mol. The Morgan fingerprint density at radius 2 is 2.00 bits per heavy atom. The van der Waals surface area contributed by atoms with Gasteiger partial charge in [-0.2, -0.15) is 0 Å². The zero-order chi connectivity index (χ0) is 15.8. The van der Waals surface area contributed by atoms with E-state index in [0.29, 0.717) is 5.92 Å². The lowest BCUT2D eigenvalue weighted by atomic mass is 9.80. The highest BCUT2D eigenvalue weighted by Crippen LogP contribution is 2.36. The third-order valence-corrected chi connectivity index (χ3v) is 4.67. The first kappa shape index (κ1) is 14.5. The SMILES string of the molecule is Cc1cccc(OC2CN(c3cc(C4CC(O)C4)ncn3)C2)c1. The number of anilines is 1. The Morgan fingerprint density at radius 1 is 1.17 bits per heavy atom. The number of aromatic nitrogens is 2. The van der Waals surface area contributed by atoms with Crippen LogP contribution in [0.1, 0.15) is 30.0 Å². The van der Waals surface area contributed by atoms with Gasteiger partial charge in [0.2, 0.25) is 0 Å². The zero-order valence-corrected chi connectivity index (χ0v) is 13.2. The topological polar surface area (TPSA) is 58.5 Å². The summed E-state index contributed by atoms with van der Waals surface area (Å²) in [5.74, 6) is 2.27. The number of aliphatic hydroxyl groups excluding tert-OH is 1. The fourth-order valence-electron chi connectivity index (χ4n) is 3.17. The molecular weight excluding hydrogens is 290 g/mol. The van der Waals surface area contributed by atoms with Crippen LogP contribution in [-0.2, 0) is 0 Å². The molecule has 0 unspecified atom stereocenters. The molecule has 0 radical (unpaired) electrons. The minimum absolute atomic E-state index is 0.158. The van der Waals surface area contributed by atoms with E-state index in [1.54, 1.807) is 6.33 Å². The van der Waals surface area contributed by atoms with Crippen molar-refractivity contribution in [1.82, 2.24) is 9.97 Å². The molecule has 0 bridgehead atoms. The zero-order valence-electron chi connectivity index (χ0n) is 13.2. The average Bonchev–Trinajstić information content (AvgIpc) is 2.47. The summed E-state index contributed by atoms with van der Waals surface area (Å²) >= 11 is 0. The Bertz CT molecular complexity index is 694. The maximum Gasteiger partial charge on any atom is 0.134 e. The van der Waals surface area contributed by atoms with Crippen LogP contribution in [0.25, 0.3) is 0 Å². The molecule has 1 aliphatic heterocycles. The molecule has 0 spiro atoms. The van der Waals surface area contributed by atoms with Gasteiger partial charge in [0, 0.05) is 17.7 Å². The van der Waals surface area contributed by atoms with E-state index < -0.39 is 0 Å². The van der Waals surface area contributed by atoms with Gasteiger partial charge in [-0.25, -0.2) is 9.97 Å². The normalized spacial score (nSPS) is 24.0. The Labute approximate surface area is 136 Å². The van der Waals surface area contributed by atoms with E-state index in [2.05, 4.69) is 40.0 Å². The van der Waals surface area contributed by atoms with Crippen LogP contribution in [0.3, 0.4) is 0 Å². The van der Waals surface area contributed by atoms with Crippen molar-refractivity contribution in [3.63, 3.8) is 0 Å². The molecule has 1 aromatic heterocycles. The van der Waals surface area contributed by atoms with E-state index >= 15 is 0 Å². The van der Waals surface area contributed by atoms with E-state index in [9.17, 15) is 5.11 Å². The van der Waals surface area contributed by atoms with Crippen LogP contribution in [-0.4, -0.2) is 40.4 Å². The van der Waals surface area contributed by atoms with Crippen molar-refractivity contribution in [2.45, 2.75) is 37.9 Å². The minimum atomic E-state index is -0.158. The van der Waals surface area contributed by atoms with Crippen molar-refractivity contribution < 1.29 is 9.84 Å². The van der Waals surface area contributed by atoms with Crippen molar-refractivity contribution >= 4 is 5.82 Å². The van der Waals surface area contributed by atoms with Gasteiger partial charge in [-0.3, -0.25) is 0 Å². The predicted molar refractivity (Wildman–Crippen MR) is 87.8 cm³/mol. The van der Waals surface area contributed by atoms with Gasteiger partial charge in [-0.1, -0.05) is 12.1 Å². The fourth-order valence-corrected chi connectivity index (χ4v) is 3.17. The number of benzene rings is 1. The molecule has 2 fully saturated rings. The monoisotopic (exact) mass is 311 g/mol. The number of nitrogens with zero attached hydrogens (tertiary/aromatic N) is 3. The van der Waals surface area contributed by atoms with Gasteiger partial charge in [-0.15, -0.1) is 0 Å². The molecule has 0 amide bonds. The van der Waals surface area contributed by atoms with Crippen LogP contribution >= 0.6 is 0 Å². The lowest BCUT2D eigenvalue weighted by Gasteiger charge is -2.40. The molecule has 1 saturated carbocycles. The lowest BCUT2D eigenvalue weighted by molar-refractivity contribution is 0.0732. The molecule has 4 rings (SSSR count). The van der Waals surface area contributed by atoms with Crippen LogP contribution in [0.5, 0.6) is 5.75 Å². The molecule has 5 nitrogen and oxygen atoms in total. The predicted octanol–water partition coefficient (Wildman–Crippen LogP) is 2.29. The van der Waals surface area contributed by atoms with E-state index in [1.165, 1.54) is 5.56 Å². The molecule has 1 aliphatic carbocycles. The van der Waals surface area contributed by atoms with Gasteiger partial charge in [0.15, 0.2) is 0 Å². The van der Waals surface area contributed by atoms with Crippen molar-refractivity contribution in [3.05, 3.63) is 47.9 Å². The van der Waals surface area contributed by atoms with E-state index in [0.717, 1.165) is 43.2 Å². The highest BCUT2D eigenvalue weighted by molar-refractivity contribution is 5.44. The third-order valence-electron chi connectivity index (χ3n) is 4.67. The Balaban J connectivity index is 1.35. The molecule has 1 aromatic carbocycles. The maximum atomic E-state index is 9.44. The van der Waals surface area contributed by atoms with Crippen molar-refractivity contribution in [1.29, 1.82) is 0 Å². The summed E-state index contributed by atoms with van der Waals surface area (Å²) in [6, 6.07) is 10.2. The molecule has 0 atom stereocenters. The van der Waals surface area contributed by atoms with Gasteiger partial charge >= 0.3 is 0 Å². The van der Waals surface area contributed by atoms with Crippen LogP contribution in [0.15, 0.2) is 36.7 Å². The van der Waals surface area contributed by atoms with Gasteiger partial charge in [0.25, 0.3) is 0 Å². The second-order valence-corrected chi connectivity index (χ2v) is 6.58. The quantitative estimate of drug-likeness (QED) is 0.939. The van der Waals surface area contributed by atoms with Crippen LogP contribution in [0.2, 0.25) is 0 Å². The molecule has 1 saturated heterocycles. The van der Waals surface area contributed by atoms with Gasteiger partial charge in [-0.05, 0) is 37.5 Å². The van der Waals surface area contributed by atoms with E-state index in [-0.39, 0.29) is 12.2 Å². The van der Waals surface area contributed by atoms with Crippen molar-refractivity contribution in [3.8, 4) is 5.75 Å². The second kappa shape index (κ2) is 5.81. The summed E-state index contributed by atoms with van der Waals surface area (Å²) in [6.07, 6.45) is 3.31. The molecule has 5 heteroatoms. The number of aryl methyl sites for hydroxylation is 1. The molecule has 2 aliphatic rings. The van der Waals surface area contributed by atoms with Crippen LogP contribution < -0.4 is 9.64 Å². The fraction of sp³-hybridized carbons (Fsp3) is 0.444. The van der Waals surface area contributed by atoms with Crippen LogP contribution in [0, 0.1) is 6.92 Å². The first-order chi connectivity index (χ1) is 11.2. The molecule has 1 N–H and O–H groups in total. The first-order valence-electron chi connectivity index (χ1n) is 8.15. The van der Waals surface area contributed by atoms with Crippen LogP contribution in [0.4, 0.5) is 5.82 Å². The summed E-state index contributed by atoms with van der Waals surface area (Å²) < 4.78 is 5.99. The minimum Gasteiger partial charge on any atom is -0.487 e. The number of rotatable bonds is 4. The van der Waals surface area contributed by atoms with Gasteiger partial charge < -0.3 is 14.7 Å². The third kappa shape index (κ3) is 3.01. The number of aliphatic hydroxyl groups is 1. The maximum absolute atomic E-state index is 9.44. The highest BCUT2D eigenvalue weighted by Gasteiger charge is 2.32. The summed E-state index contributed by atoms with van der Waals surface area (Å²) in [7, 11) is 0. The molecular formula is C18H21N3O2. The Hall–Kier alpha value is -2.14. The molecule has 23 heavy (non-hydrogen) atoms. The molecule has 2 heterocycles. The molecule has 2 aromatic rings. The number of ether oxygens (including phenoxy) is 1. The smallest absolute Gasteiger partial charge is 0.134 e. The lowest BCUT2D eigenvalue weighted by Crippen LogP contribution is -2.54. The van der Waals surface area contributed by atoms with E-state index in [4.69, 9.17) is 4.74 Å². The first-order valence-corrected chi connectivity index (χ1v) is 8.15. The summed E-state index contributed by atoms with van der Waals surface area (Å²) in [5, 5.41) is 9.44. The number of hydrogen-bond acceptors (Lipinski definition) is 5. The molecule has 120 valence electrons.